The normalized spacial score (nSPS) is 16.4. The molecule has 1 aliphatic rings. The number of benzene rings is 2. The Morgan fingerprint density at radius 1 is 1.23 bits per heavy atom. The summed E-state index contributed by atoms with van der Waals surface area (Å²) >= 11 is 3.52. The molecule has 0 saturated carbocycles. The van der Waals surface area contributed by atoms with Crippen LogP contribution in [-0.2, 0) is 6.54 Å². The van der Waals surface area contributed by atoms with E-state index in [9.17, 15) is 4.79 Å². The Morgan fingerprint density at radius 2 is 2.08 bits per heavy atom. The summed E-state index contributed by atoms with van der Waals surface area (Å²) in [7, 11) is 1.63. The third-order valence-corrected chi connectivity index (χ3v) is 5.14. The van der Waals surface area contributed by atoms with Gasteiger partial charge in [0.2, 0.25) is 0 Å². The molecule has 1 aliphatic heterocycles. The molecule has 0 spiro atoms. The largest absolute Gasteiger partial charge is 0.496 e. The van der Waals surface area contributed by atoms with Crippen molar-refractivity contribution in [2.75, 3.05) is 31.6 Å². The molecule has 1 saturated heterocycles. The number of ether oxygens (including phenoxy) is 1. The number of hydrogen-bond donors (Lipinski definition) is 2. The fraction of sp³-hybridized carbons (Fsp3) is 0.350. The van der Waals surface area contributed by atoms with Crippen LogP contribution in [0.1, 0.15) is 12.0 Å². The summed E-state index contributed by atoms with van der Waals surface area (Å²) in [6.07, 6.45) is 1.08. The molecule has 26 heavy (non-hydrogen) atoms. The van der Waals surface area contributed by atoms with Crippen molar-refractivity contribution in [3.05, 3.63) is 58.6 Å². The first-order valence-corrected chi connectivity index (χ1v) is 9.59. The molecule has 0 bridgehead atoms. The highest BCUT2D eigenvalue weighted by Crippen LogP contribution is 2.26. The van der Waals surface area contributed by atoms with Crippen LogP contribution in [0.4, 0.5) is 10.5 Å². The number of halogens is 1. The lowest BCUT2D eigenvalue weighted by Gasteiger charge is -2.19. The zero-order valence-electron chi connectivity index (χ0n) is 14.9. The van der Waals surface area contributed by atoms with Gasteiger partial charge in [0.15, 0.2) is 0 Å². The smallest absolute Gasteiger partial charge is 0.315 e. The van der Waals surface area contributed by atoms with Gasteiger partial charge in [0.05, 0.1) is 7.11 Å². The van der Waals surface area contributed by atoms with E-state index in [1.54, 1.807) is 7.11 Å². The summed E-state index contributed by atoms with van der Waals surface area (Å²) in [6, 6.07) is 15.9. The van der Waals surface area contributed by atoms with Crippen LogP contribution in [0.5, 0.6) is 5.75 Å². The Hall–Kier alpha value is -2.21. The molecule has 1 fully saturated rings. The molecule has 0 radical (unpaired) electrons. The maximum absolute atomic E-state index is 12.1. The number of amides is 2. The number of hydrogen-bond acceptors (Lipinski definition) is 3. The predicted molar refractivity (Wildman–Crippen MR) is 108 cm³/mol. The summed E-state index contributed by atoms with van der Waals surface area (Å²) in [5.74, 6) is 1.25. The Balaban J connectivity index is 1.42. The average Bonchev–Trinajstić information content (AvgIpc) is 3.14. The topological polar surface area (TPSA) is 53.6 Å². The van der Waals surface area contributed by atoms with Crippen molar-refractivity contribution in [3.63, 3.8) is 0 Å². The Kier molecular flexibility index (Phi) is 6.39. The van der Waals surface area contributed by atoms with Gasteiger partial charge in [0.25, 0.3) is 0 Å². The molecule has 1 unspecified atom stereocenters. The molecule has 2 amide bonds. The van der Waals surface area contributed by atoms with Crippen molar-refractivity contribution < 1.29 is 9.53 Å². The van der Waals surface area contributed by atoms with Crippen molar-refractivity contribution >= 4 is 27.6 Å². The van der Waals surface area contributed by atoms with Crippen molar-refractivity contribution in [2.24, 2.45) is 5.92 Å². The van der Waals surface area contributed by atoms with E-state index in [2.05, 4.69) is 49.7 Å². The highest BCUT2D eigenvalue weighted by molar-refractivity contribution is 9.10. The lowest BCUT2D eigenvalue weighted by atomic mass is 10.1. The minimum Gasteiger partial charge on any atom is -0.496 e. The summed E-state index contributed by atoms with van der Waals surface area (Å²) in [6.45, 7) is 3.11. The highest BCUT2D eigenvalue weighted by Gasteiger charge is 2.23. The monoisotopic (exact) mass is 417 g/mol. The van der Waals surface area contributed by atoms with Crippen molar-refractivity contribution in [1.29, 1.82) is 0 Å². The predicted octanol–water partition coefficient (Wildman–Crippen LogP) is 3.78. The second-order valence-electron chi connectivity index (χ2n) is 6.46. The minimum atomic E-state index is -0.142. The number of anilines is 1. The van der Waals surface area contributed by atoms with Gasteiger partial charge in [-0.25, -0.2) is 4.79 Å². The van der Waals surface area contributed by atoms with E-state index in [0.29, 0.717) is 19.0 Å². The van der Waals surface area contributed by atoms with Crippen LogP contribution >= 0.6 is 15.9 Å². The molecule has 2 aromatic carbocycles. The van der Waals surface area contributed by atoms with Gasteiger partial charge in [-0.05, 0) is 36.6 Å². The second-order valence-corrected chi connectivity index (χ2v) is 7.37. The quantitative estimate of drug-likeness (QED) is 0.751. The third-order valence-electron chi connectivity index (χ3n) is 4.64. The molecule has 2 N–H and O–H groups in total. The van der Waals surface area contributed by atoms with Crippen LogP contribution in [0.25, 0.3) is 0 Å². The highest BCUT2D eigenvalue weighted by atomic mass is 79.9. The van der Waals surface area contributed by atoms with Gasteiger partial charge in [-0.3, -0.25) is 0 Å². The second kappa shape index (κ2) is 8.94. The zero-order valence-corrected chi connectivity index (χ0v) is 16.5. The van der Waals surface area contributed by atoms with E-state index in [1.807, 2.05) is 30.3 Å². The van der Waals surface area contributed by atoms with Crippen LogP contribution in [0.3, 0.4) is 0 Å². The molecule has 1 atom stereocenters. The van der Waals surface area contributed by atoms with E-state index in [4.69, 9.17) is 4.74 Å². The maximum Gasteiger partial charge on any atom is 0.315 e. The standard InChI is InChI=1S/C20H24BrN3O2/c1-26-19-8-3-2-5-16(19)13-23-20(25)22-12-15-9-10-24(14-15)18-7-4-6-17(21)11-18/h2-8,11,15H,9-10,12-14H2,1H3,(H2,22,23,25). The van der Waals surface area contributed by atoms with Gasteiger partial charge in [0.1, 0.15) is 5.75 Å². The molecule has 6 heteroatoms. The van der Waals surface area contributed by atoms with E-state index in [0.717, 1.165) is 35.3 Å². The van der Waals surface area contributed by atoms with Crippen molar-refractivity contribution in [2.45, 2.75) is 13.0 Å². The first-order chi connectivity index (χ1) is 12.7. The molecule has 3 rings (SSSR count). The fourth-order valence-electron chi connectivity index (χ4n) is 3.23. The Labute approximate surface area is 162 Å². The SMILES string of the molecule is COc1ccccc1CNC(=O)NCC1CCN(c2cccc(Br)c2)C1. The number of para-hydroxylation sites is 1. The fourth-order valence-corrected chi connectivity index (χ4v) is 3.62. The van der Waals surface area contributed by atoms with Gasteiger partial charge in [-0.15, -0.1) is 0 Å². The number of rotatable bonds is 6. The first-order valence-electron chi connectivity index (χ1n) is 8.80. The average molecular weight is 418 g/mol. The molecular formula is C20H24BrN3O2. The Bertz CT molecular complexity index is 753. The first kappa shape index (κ1) is 18.6. The summed E-state index contributed by atoms with van der Waals surface area (Å²) in [4.78, 5) is 14.5. The zero-order chi connectivity index (χ0) is 18.4. The van der Waals surface area contributed by atoms with E-state index in [1.165, 1.54) is 5.69 Å². The van der Waals surface area contributed by atoms with Gasteiger partial charge in [-0.1, -0.05) is 40.2 Å². The molecule has 5 nitrogen and oxygen atoms in total. The van der Waals surface area contributed by atoms with E-state index < -0.39 is 0 Å². The number of carbonyl (C=O) groups excluding carboxylic acids is 1. The van der Waals surface area contributed by atoms with Gasteiger partial charge < -0.3 is 20.3 Å². The number of carbonyl (C=O) groups is 1. The summed E-state index contributed by atoms with van der Waals surface area (Å²) in [5, 5.41) is 5.89. The minimum absolute atomic E-state index is 0.142. The molecule has 0 aliphatic carbocycles. The third kappa shape index (κ3) is 4.91. The number of urea groups is 1. The number of nitrogens with zero attached hydrogens (tertiary/aromatic N) is 1. The molecule has 0 aromatic heterocycles. The van der Waals surface area contributed by atoms with Gasteiger partial charge in [-0.2, -0.15) is 0 Å². The van der Waals surface area contributed by atoms with E-state index in [-0.39, 0.29) is 6.03 Å². The number of methoxy groups -OCH3 is 1. The van der Waals surface area contributed by atoms with Crippen LogP contribution < -0.4 is 20.3 Å². The van der Waals surface area contributed by atoms with Crippen LogP contribution in [0.2, 0.25) is 0 Å². The van der Waals surface area contributed by atoms with Crippen LogP contribution in [0, 0.1) is 5.92 Å². The van der Waals surface area contributed by atoms with Gasteiger partial charge in [0, 0.05) is 41.9 Å². The van der Waals surface area contributed by atoms with E-state index >= 15 is 0 Å². The molecule has 2 aromatic rings. The summed E-state index contributed by atoms with van der Waals surface area (Å²) in [5.41, 5.74) is 2.19. The van der Waals surface area contributed by atoms with Crippen molar-refractivity contribution in [1.82, 2.24) is 10.6 Å². The lowest BCUT2D eigenvalue weighted by Crippen LogP contribution is -2.38. The Morgan fingerprint density at radius 3 is 2.88 bits per heavy atom. The summed E-state index contributed by atoms with van der Waals surface area (Å²) < 4.78 is 6.39. The lowest BCUT2D eigenvalue weighted by molar-refractivity contribution is 0.238. The maximum atomic E-state index is 12.1. The molecule has 138 valence electrons. The van der Waals surface area contributed by atoms with Crippen LogP contribution in [0.15, 0.2) is 53.0 Å². The van der Waals surface area contributed by atoms with Crippen LogP contribution in [-0.4, -0.2) is 32.8 Å². The van der Waals surface area contributed by atoms with Gasteiger partial charge >= 0.3 is 6.03 Å². The molecule has 1 heterocycles. The molecular weight excluding hydrogens is 394 g/mol. The van der Waals surface area contributed by atoms with Crippen molar-refractivity contribution in [3.8, 4) is 5.75 Å². The number of nitrogens with one attached hydrogen (secondary N) is 2.